The minimum atomic E-state index is -0.0102. The van der Waals surface area contributed by atoms with Crippen LogP contribution in [0.5, 0.6) is 5.75 Å². The zero-order valence-corrected chi connectivity index (χ0v) is 20.9. The van der Waals surface area contributed by atoms with Gasteiger partial charge in [-0.1, -0.05) is 90.7 Å². The third kappa shape index (κ3) is 5.50. The maximum Gasteiger partial charge on any atom is 0.266 e. The lowest BCUT2D eigenvalue weighted by Crippen LogP contribution is -2.30. The standard InChI is InChI=1S/C29H26N2O2S2/c32-28-27(35-29(34)31(28)18-16-22-10-3-1-4-11-22)20-23-21-30(26-15-8-7-14-25(23)26)17-9-19-33-24-12-5-2-6-13-24/h1-8,10-15,20-21H,9,16-19H2/b27-20-. The molecule has 1 fully saturated rings. The first-order valence-electron chi connectivity index (χ1n) is 11.7. The van der Waals surface area contributed by atoms with Gasteiger partial charge in [0.05, 0.1) is 11.5 Å². The Balaban J connectivity index is 1.29. The summed E-state index contributed by atoms with van der Waals surface area (Å²) in [6, 6.07) is 28.4. The molecule has 0 saturated carbocycles. The molecule has 0 N–H and O–H groups in total. The van der Waals surface area contributed by atoms with Crippen molar-refractivity contribution in [3.63, 3.8) is 0 Å². The van der Waals surface area contributed by atoms with E-state index in [1.165, 1.54) is 17.3 Å². The lowest BCUT2D eigenvalue weighted by molar-refractivity contribution is -0.122. The van der Waals surface area contributed by atoms with E-state index in [4.69, 9.17) is 17.0 Å². The molecule has 2 heterocycles. The fraction of sp³-hybridized carbons (Fsp3) is 0.172. The van der Waals surface area contributed by atoms with Gasteiger partial charge in [0.2, 0.25) is 0 Å². The van der Waals surface area contributed by atoms with Crippen LogP contribution in [-0.4, -0.2) is 32.8 Å². The van der Waals surface area contributed by atoms with Gasteiger partial charge in [-0.05, 0) is 42.7 Å². The number of ether oxygens (including phenoxy) is 1. The zero-order chi connectivity index (χ0) is 24.0. The van der Waals surface area contributed by atoms with Crippen molar-refractivity contribution in [3.8, 4) is 5.75 Å². The van der Waals surface area contributed by atoms with Crippen LogP contribution in [0.15, 0.2) is 96.0 Å². The summed E-state index contributed by atoms with van der Waals surface area (Å²) in [7, 11) is 0. The van der Waals surface area contributed by atoms with Crippen LogP contribution in [0.4, 0.5) is 0 Å². The summed E-state index contributed by atoms with van der Waals surface area (Å²) in [5.74, 6) is 0.879. The Morgan fingerprint density at radius 1 is 0.886 bits per heavy atom. The fourth-order valence-corrected chi connectivity index (χ4v) is 5.54. The number of nitrogens with zero attached hydrogens (tertiary/aromatic N) is 2. The van der Waals surface area contributed by atoms with Crippen LogP contribution < -0.4 is 4.74 Å². The van der Waals surface area contributed by atoms with E-state index in [9.17, 15) is 4.79 Å². The van der Waals surface area contributed by atoms with E-state index in [1.54, 1.807) is 4.90 Å². The van der Waals surface area contributed by atoms with Crippen molar-refractivity contribution in [3.05, 3.63) is 107 Å². The number of hydrogen-bond donors (Lipinski definition) is 0. The summed E-state index contributed by atoms with van der Waals surface area (Å²) in [5, 5.41) is 1.13. The predicted molar refractivity (Wildman–Crippen MR) is 149 cm³/mol. The number of aromatic nitrogens is 1. The Hall–Kier alpha value is -3.35. The number of hydrogen-bond acceptors (Lipinski definition) is 4. The molecule has 1 aromatic heterocycles. The second-order valence-corrected chi connectivity index (χ2v) is 10.1. The molecule has 3 aromatic carbocycles. The number of amides is 1. The fourth-order valence-electron chi connectivity index (χ4n) is 4.24. The van der Waals surface area contributed by atoms with E-state index in [2.05, 4.69) is 35.0 Å². The SMILES string of the molecule is O=C1/C(=C/c2cn(CCCOc3ccccc3)c3ccccc23)SC(=S)N1CCc1ccccc1. The highest BCUT2D eigenvalue weighted by atomic mass is 32.2. The molecule has 1 amide bonds. The molecule has 0 radical (unpaired) electrons. The normalized spacial score (nSPS) is 14.9. The van der Waals surface area contributed by atoms with Crippen molar-refractivity contribution in [1.82, 2.24) is 9.47 Å². The smallest absolute Gasteiger partial charge is 0.266 e. The molecule has 5 rings (SSSR count). The molecular weight excluding hydrogens is 472 g/mol. The average Bonchev–Trinajstić information content (AvgIpc) is 3.38. The summed E-state index contributed by atoms with van der Waals surface area (Å²) in [6.07, 6.45) is 5.78. The first kappa shape index (κ1) is 23.4. The van der Waals surface area contributed by atoms with Gasteiger partial charge >= 0.3 is 0 Å². The van der Waals surface area contributed by atoms with Gasteiger partial charge < -0.3 is 9.30 Å². The highest BCUT2D eigenvalue weighted by molar-refractivity contribution is 8.26. The molecule has 0 bridgehead atoms. The number of fused-ring (bicyclic) bond motifs is 1. The van der Waals surface area contributed by atoms with Crippen molar-refractivity contribution in [2.24, 2.45) is 0 Å². The van der Waals surface area contributed by atoms with E-state index in [0.717, 1.165) is 41.6 Å². The van der Waals surface area contributed by atoms with Crippen molar-refractivity contribution in [1.29, 1.82) is 0 Å². The molecule has 0 atom stereocenters. The second-order valence-electron chi connectivity index (χ2n) is 8.38. The number of carbonyl (C=O) groups excluding carboxylic acids is 1. The number of thioether (sulfide) groups is 1. The monoisotopic (exact) mass is 498 g/mol. The van der Waals surface area contributed by atoms with Gasteiger partial charge in [0, 0.05) is 35.8 Å². The van der Waals surface area contributed by atoms with Gasteiger partial charge in [-0.15, -0.1) is 0 Å². The maximum atomic E-state index is 13.2. The van der Waals surface area contributed by atoms with Gasteiger partial charge in [0.1, 0.15) is 10.1 Å². The molecule has 4 aromatic rings. The largest absolute Gasteiger partial charge is 0.494 e. The number of carbonyl (C=O) groups is 1. The number of aryl methyl sites for hydroxylation is 1. The van der Waals surface area contributed by atoms with Crippen LogP contribution in [-0.2, 0) is 17.8 Å². The molecule has 35 heavy (non-hydrogen) atoms. The topological polar surface area (TPSA) is 34.5 Å². The van der Waals surface area contributed by atoms with Crippen molar-refractivity contribution < 1.29 is 9.53 Å². The molecule has 0 spiro atoms. The molecular formula is C29H26N2O2S2. The van der Waals surface area contributed by atoms with Crippen LogP contribution in [0.3, 0.4) is 0 Å². The number of rotatable bonds is 9. The molecule has 176 valence electrons. The maximum absolute atomic E-state index is 13.2. The summed E-state index contributed by atoms with van der Waals surface area (Å²) in [4.78, 5) is 15.6. The van der Waals surface area contributed by atoms with Gasteiger partial charge in [0.25, 0.3) is 5.91 Å². The molecule has 4 nitrogen and oxygen atoms in total. The molecule has 1 aliphatic heterocycles. The zero-order valence-electron chi connectivity index (χ0n) is 19.3. The summed E-state index contributed by atoms with van der Waals surface area (Å²) in [5.41, 5.74) is 3.39. The molecule has 1 aliphatic rings. The first-order valence-corrected chi connectivity index (χ1v) is 13.0. The minimum Gasteiger partial charge on any atom is -0.494 e. The van der Waals surface area contributed by atoms with Crippen LogP contribution in [0.1, 0.15) is 17.5 Å². The highest BCUT2D eigenvalue weighted by Crippen LogP contribution is 2.34. The highest BCUT2D eigenvalue weighted by Gasteiger charge is 2.31. The van der Waals surface area contributed by atoms with Gasteiger partial charge in [0.15, 0.2) is 0 Å². The first-order chi connectivity index (χ1) is 17.2. The van der Waals surface area contributed by atoms with Crippen LogP contribution in [0.25, 0.3) is 17.0 Å². The molecule has 0 aliphatic carbocycles. The predicted octanol–water partition coefficient (Wildman–Crippen LogP) is 6.55. The lowest BCUT2D eigenvalue weighted by Gasteiger charge is -2.14. The molecule has 1 saturated heterocycles. The molecule has 0 unspecified atom stereocenters. The number of thiocarbonyl (C=S) groups is 1. The van der Waals surface area contributed by atoms with Gasteiger partial charge in [-0.3, -0.25) is 9.69 Å². The third-order valence-electron chi connectivity index (χ3n) is 6.00. The summed E-state index contributed by atoms with van der Waals surface area (Å²) in [6.45, 7) is 2.07. The van der Waals surface area contributed by atoms with E-state index >= 15 is 0 Å². The average molecular weight is 499 g/mol. The van der Waals surface area contributed by atoms with Gasteiger partial charge in [-0.2, -0.15) is 0 Å². The minimum absolute atomic E-state index is 0.0102. The van der Waals surface area contributed by atoms with Crippen LogP contribution in [0.2, 0.25) is 0 Å². The van der Waals surface area contributed by atoms with Crippen molar-refractivity contribution >= 4 is 51.2 Å². The quantitative estimate of drug-likeness (QED) is 0.149. The van der Waals surface area contributed by atoms with Crippen LogP contribution >= 0.6 is 24.0 Å². The van der Waals surface area contributed by atoms with Crippen LogP contribution in [0, 0.1) is 0 Å². The number of para-hydroxylation sites is 2. The third-order valence-corrected chi connectivity index (χ3v) is 7.38. The summed E-state index contributed by atoms with van der Waals surface area (Å²) < 4.78 is 8.72. The Bertz CT molecular complexity index is 1360. The Labute approximate surface area is 215 Å². The van der Waals surface area contributed by atoms with E-state index in [-0.39, 0.29) is 5.91 Å². The Morgan fingerprint density at radius 3 is 2.40 bits per heavy atom. The lowest BCUT2D eigenvalue weighted by atomic mass is 10.1. The van der Waals surface area contributed by atoms with E-state index in [1.807, 2.05) is 66.7 Å². The van der Waals surface area contributed by atoms with Crippen molar-refractivity contribution in [2.45, 2.75) is 19.4 Å². The van der Waals surface area contributed by atoms with E-state index < -0.39 is 0 Å². The molecule has 6 heteroatoms. The Morgan fingerprint density at radius 2 is 1.60 bits per heavy atom. The number of benzene rings is 3. The van der Waals surface area contributed by atoms with Crippen molar-refractivity contribution in [2.75, 3.05) is 13.2 Å². The Kier molecular flexibility index (Phi) is 7.31. The second kappa shape index (κ2) is 10.9. The van der Waals surface area contributed by atoms with E-state index in [0.29, 0.717) is 22.4 Å². The summed E-state index contributed by atoms with van der Waals surface area (Å²) >= 11 is 6.93. The van der Waals surface area contributed by atoms with Gasteiger partial charge in [-0.25, -0.2) is 0 Å².